The highest BCUT2D eigenvalue weighted by Gasteiger charge is 2.18. The minimum absolute atomic E-state index is 0.136. The smallest absolute Gasteiger partial charge is 0.0462 e. The van der Waals surface area contributed by atoms with E-state index in [2.05, 4.69) is 248 Å². The summed E-state index contributed by atoms with van der Waals surface area (Å²) in [5.74, 6) is 0.136. The summed E-state index contributed by atoms with van der Waals surface area (Å²) < 4.78 is 0. The monoisotopic (exact) mass is 715 g/mol. The van der Waals surface area contributed by atoms with Crippen LogP contribution in [0.1, 0.15) is 22.6 Å². The second kappa shape index (κ2) is 16.0. The van der Waals surface area contributed by atoms with Crippen molar-refractivity contribution in [3.8, 4) is 44.5 Å². The van der Waals surface area contributed by atoms with Crippen molar-refractivity contribution in [3.05, 3.63) is 259 Å². The number of benzene rings is 9. The minimum atomic E-state index is 0.136. The van der Waals surface area contributed by atoms with Crippen LogP contribution in [0.3, 0.4) is 0 Å². The fraction of sp³-hybridized carbons (Fsp3) is 0.0182. The van der Waals surface area contributed by atoms with Crippen molar-refractivity contribution in [2.45, 2.75) is 5.92 Å². The van der Waals surface area contributed by atoms with Crippen molar-refractivity contribution in [3.63, 3.8) is 0 Å². The molecule has 1 atom stereocenters. The van der Waals surface area contributed by atoms with Gasteiger partial charge in [0.05, 0.1) is 0 Å². The van der Waals surface area contributed by atoms with Crippen LogP contribution in [0.25, 0.3) is 44.5 Å². The SMILES string of the molecule is c1ccc(-c2ccc(C(c3ccccc3)c3ccc(-c4cccc(-c5ccc(N(c6ccccc6)c6ccc(-c7ccccc7)cc6)cc5)c4)cc3)cc2)cc1. The van der Waals surface area contributed by atoms with Crippen molar-refractivity contribution >= 4 is 17.1 Å². The van der Waals surface area contributed by atoms with E-state index in [0.29, 0.717) is 0 Å². The van der Waals surface area contributed by atoms with Crippen LogP contribution in [-0.2, 0) is 0 Å². The lowest BCUT2D eigenvalue weighted by molar-refractivity contribution is 0.978. The summed E-state index contributed by atoms with van der Waals surface area (Å²) in [6.45, 7) is 0. The van der Waals surface area contributed by atoms with Crippen molar-refractivity contribution in [2.24, 2.45) is 0 Å². The number of hydrogen-bond acceptors (Lipinski definition) is 1. The molecule has 0 N–H and O–H groups in total. The first-order valence-corrected chi connectivity index (χ1v) is 19.3. The third-order valence-corrected chi connectivity index (χ3v) is 10.6. The number of hydrogen-bond donors (Lipinski definition) is 0. The molecule has 56 heavy (non-hydrogen) atoms. The normalized spacial score (nSPS) is 11.5. The van der Waals surface area contributed by atoms with E-state index in [4.69, 9.17) is 0 Å². The van der Waals surface area contributed by atoms with Crippen LogP contribution in [0.4, 0.5) is 17.1 Å². The summed E-state index contributed by atoms with van der Waals surface area (Å²) in [6, 6.07) is 87.4. The summed E-state index contributed by atoms with van der Waals surface area (Å²) in [6.07, 6.45) is 0. The molecule has 0 bridgehead atoms. The van der Waals surface area contributed by atoms with Crippen molar-refractivity contribution in [1.29, 1.82) is 0 Å². The fourth-order valence-electron chi connectivity index (χ4n) is 7.73. The Kier molecular flexibility index (Phi) is 9.88. The van der Waals surface area contributed by atoms with E-state index in [9.17, 15) is 0 Å². The highest BCUT2D eigenvalue weighted by molar-refractivity contribution is 5.80. The molecule has 0 aromatic heterocycles. The molecule has 9 aromatic carbocycles. The Balaban J connectivity index is 0.979. The van der Waals surface area contributed by atoms with E-state index in [1.54, 1.807) is 0 Å². The molecule has 0 saturated carbocycles. The largest absolute Gasteiger partial charge is 0.311 e. The molecule has 266 valence electrons. The molecule has 0 radical (unpaired) electrons. The average Bonchev–Trinajstić information content (AvgIpc) is 3.29. The molecule has 1 heteroatoms. The van der Waals surface area contributed by atoms with E-state index in [0.717, 1.165) is 17.1 Å². The fourth-order valence-corrected chi connectivity index (χ4v) is 7.73. The standard InChI is InChI=1S/C55H41N/c1-5-14-41(15-6-1)43-24-28-48(29-25-43)55(47-18-9-3-10-19-47)49-30-26-45(27-31-49)50-20-13-21-51(40-50)46-34-38-54(39-35-46)56(52-22-11-4-12-23-52)53-36-32-44(33-37-53)42-16-7-2-8-17-42/h1-40,55H. The number of nitrogens with zero attached hydrogens (tertiary/aromatic N) is 1. The third kappa shape index (κ3) is 7.44. The van der Waals surface area contributed by atoms with Crippen LogP contribution in [-0.4, -0.2) is 0 Å². The van der Waals surface area contributed by atoms with E-state index in [1.807, 2.05) is 0 Å². The van der Waals surface area contributed by atoms with Crippen LogP contribution < -0.4 is 4.90 Å². The van der Waals surface area contributed by atoms with Gasteiger partial charge in [0.25, 0.3) is 0 Å². The summed E-state index contributed by atoms with van der Waals surface area (Å²) in [5.41, 5.74) is 16.9. The summed E-state index contributed by atoms with van der Waals surface area (Å²) in [5, 5.41) is 0. The zero-order valence-electron chi connectivity index (χ0n) is 31.1. The van der Waals surface area contributed by atoms with Gasteiger partial charge in [-0.15, -0.1) is 0 Å². The Hall–Kier alpha value is -7.22. The van der Waals surface area contributed by atoms with Crippen LogP contribution >= 0.6 is 0 Å². The molecule has 0 aliphatic heterocycles. The van der Waals surface area contributed by atoms with Crippen LogP contribution in [0.15, 0.2) is 243 Å². The van der Waals surface area contributed by atoms with Gasteiger partial charge in [0, 0.05) is 23.0 Å². The van der Waals surface area contributed by atoms with Gasteiger partial charge >= 0.3 is 0 Å². The molecule has 0 aliphatic rings. The topological polar surface area (TPSA) is 3.24 Å². The van der Waals surface area contributed by atoms with Gasteiger partial charge in [-0.2, -0.15) is 0 Å². The Morgan fingerprint density at radius 1 is 0.214 bits per heavy atom. The minimum Gasteiger partial charge on any atom is -0.311 e. The molecule has 0 heterocycles. The summed E-state index contributed by atoms with van der Waals surface area (Å²) in [7, 11) is 0. The Bertz CT molecular complexity index is 2430. The van der Waals surface area contributed by atoms with Crippen LogP contribution in [0, 0.1) is 0 Å². The van der Waals surface area contributed by atoms with Gasteiger partial charge < -0.3 is 4.90 Å². The third-order valence-electron chi connectivity index (χ3n) is 10.6. The number of anilines is 3. The predicted octanol–water partition coefficient (Wildman–Crippen LogP) is 15.0. The average molecular weight is 716 g/mol. The Morgan fingerprint density at radius 3 is 0.929 bits per heavy atom. The van der Waals surface area contributed by atoms with E-state index in [-0.39, 0.29) is 5.92 Å². The van der Waals surface area contributed by atoms with Crippen LogP contribution in [0.5, 0.6) is 0 Å². The second-order valence-electron chi connectivity index (χ2n) is 14.2. The van der Waals surface area contributed by atoms with E-state index in [1.165, 1.54) is 61.2 Å². The van der Waals surface area contributed by atoms with Gasteiger partial charge in [0.2, 0.25) is 0 Å². The molecule has 0 saturated heterocycles. The molecule has 0 spiro atoms. The first-order chi connectivity index (χ1) is 27.8. The van der Waals surface area contributed by atoms with Crippen molar-refractivity contribution < 1.29 is 0 Å². The maximum absolute atomic E-state index is 2.32. The van der Waals surface area contributed by atoms with Gasteiger partial charge in [0.1, 0.15) is 0 Å². The highest BCUT2D eigenvalue weighted by Crippen LogP contribution is 2.38. The lowest BCUT2D eigenvalue weighted by Crippen LogP contribution is -2.09. The highest BCUT2D eigenvalue weighted by atomic mass is 15.1. The first-order valence-electron chi connectivity index (χ1n) is 19.3. The summed E-state index contributed by atoms with van der Waals surface area (Å²) >= 11 is 0. The number of rotatable bonds is 10. The first kappa shape index (κ1) is 34.5. The second-order valence-corrected chi connectivity index (χ2v) is 14.2. The van der Waals surface area contributed by atoms with Gasteiger partial charge in [-0.05, 0) is 104 Å². The molecule has 1 unspecified atom stereocenters. The van der Waals surface area contributed by atoms with Gasteiger partial charge in [-0.25, -0.2) is 0 Å². The van der Waals surface area contributed by atoms with Crippen LogP contribution in [0.2, 0.25) is 0 Å². The summed E-state index contributed by atoms with van der Waals surface area (Å²) in [4.78, 5) is 2.32. The van der Waals surface area contributed by atoms with E-state index >= 15 is 0 Å². The van der Waals surface area contributed by atoms with Crippen molar-refractivity contribution in [2.75, 3.05) is 4.90 Å². The number of para-hydroxylation sites is 1. The quantitative estimate of drug-likeness (QED) is 0.127. The van der Waals surface area contributed by atoms with Gasteiger partial charge in [-0.1, -0.05) is 200 Å². The molecule has 1 nitrogen and oxygen atoms in total. The lowest BCUT2D eigenvalue weighted by Gasteiger charge is -2.26. The molecule has 0 aliphatic carbocycles. The molecule has 9 aromatic rings. The zero-order valence-corrected chi connectivity index (χ0v) is 31.1. The Labute approximate surface area is 330 Å². The van der Waals surface area contributed by atoms with Gasteiger partial charge in [0.15, 0.2) is 0 Å². The van der Waals surface area contributed by atoms with E-state index < -0.39 is 0 Å². The molecule has 0 fully saturated rings. The maximum Gasteiger partial charge on any atom is 0.0462 e. The van der Waals surface area contributed by atoms with Gasteiger partial charge in [-0.3, -0.25) is 0 Å². The zero-order chi connectivity index (χ0) is 37.5. The molecular formula is C55H41N. The molecule has 9 rings (SSSR count). The predicted molar refractivity (Wildman–Crippen MR) is 237 cm³/mol. The Morgan fingerprint density at radius 2 is 0.500 bits per heavy atom. The molecular weight excluding hydrogens is 675 g/mol. The molecule has 0 amide bonds. The van der Waals surface area contributed by atoms with Crippen molar-refractivity contribution in [1.82, 2.24) is 0 Å². The maximum atomic E-state index is 2.32. The lowest BCUT2D eigenvalue weighted by atomic mass is 9.84.